The Morgan fingerprint density at radius 1 is 1.17 bits per heavy atom. The van der Waals surface area contributed by atoms with Crippen molar-refractivity contribution in [3.8, 4) is 11.3 Å². The summed E-state index contributed by atoms with van der Waals surface area (Å²) in [5.74, 6) is 0.283. The van der Waals surface area contributed by atoms with Crippen molar-refractivity contribution in [2.24, 2.45) is 0 Å². The van der Waals surface area contributed by atoms with E-state index in [1.165, 1.54) is 4.31 Å². The molecule has 0 bridgehead atoms. The monoisotopic (exact) mass is 542 g/mol. The largest absolute Gasteiger partial charge is 0.755 e. The molecule has 5 rings (SSSR count). The smallest absolute Gasteiger partial charge is 0.255 e. The fourth-order valence-corrected chi connectivity index (χ4v) is 5.20. The lowest BCUT2D eigenvalue weighted by molar-refractivity contribution is 0.0964. The molecule has 186 valence electrons. The van der Waals surface area contributed by atoms with Gasteiger partial charge < -0.3 is 20.0 Å². The highest BCUT2D eigenvalue weighted by Gasteiger charge is 2.31. The lowest BCUT2D eigenvalue weighted by atomic mass is 10.00. The Hall–Kier alpha value is -3.04. The molecule has 1 amide bonds. The molecule has 1 aliphatic carbocycles. The summed E-state index contributed by atoms with van der Waals surface area (Å²) in [7, 11) is 1.56. The molecule has 1 unspecified atom stereocenters. The molecule has 0 aliphatic heterocycles. The van der Waals surface area contributed by atoms with Crippen LogP contribution in [0.1, 0.15) is 40.2 Å². The number of fused-ring (bicyclic) bond motifs is 1. The van der Waals surface area contributed by atoms with Crippen molar-refractivity contribution in [1.29, 1.82) is 0 Å². The summed E-state index contributed by atoms with van der Waals surface area (Å²) in [6, 6.07) is 15.6. The maximum atomic E-state index is 12.9. The summed E-state index contributed by atoms with van der Waals surface area (Å²) in [4.78, 5) is 12.9. The van der Waals surface area contributed by atoms with E-state index in [-0.39, 0.29) is 18.4 Å². The van der Waals surface area contributed by atoms with Crippen LogP contribution >= 0.6 is 23.2 Å². The first-order valence-electron chi connectivity index (χ1n) is 11.3. The van der Waals surface area contributed by atoms with Gasteiger partial charge in [0, 0.05) is 40.4 Å². The second kappa shape index (κ2) is 9.78. The van der Waals surface area contributed by atoms with E-state index in [1.807, 2.05) is 6.07 Å². The van der Waals surface area contributed by atoms with Gasteiger partial charge in [0.1, 0.15) is 11.3 Å². The number of nitrogen functional groups attached to an aromatic ring is 1. The fourth-order valence-electron chi connectivity index (χ4n) is 4.29. The zero-order valence-electron chi connectivity index (χ0n) is 19.2. The van der Waals surface area contributed by atoms with Gasteiger partial charge in [0.25, 0.3) is 5.91 Å². The average molecular weight is 543 g/mol. The van der Waals surface area contributed by atoms with Crippen LogP contribution in [0.15, 0.2) is 59.0 Å². The predicted octanol–water partition coefficient (Wildman–Crippen LogP) is 6.03. The van der Waals surface area contributed by atoms with Gasteiger partial charge in [-0.2, -0.15) is 0 Å². The van der Waals surface area contributed by atoms with E-state index >= 15 is 0 Å². The summed E-state index contributed by atoms with van der Waals surface area (Å²) >= 11 is 9.63. The van der Waals surface area contributed by atoms with E-state index in [0.717, 1.165) is 18.4 Å². The minimum atomic E-state index is -2.58. The molecule has 1 heterocycles. The molecule has 10 heteroatoms. The number of nitrogens with two attached hydrogens (primary N) is 1. The van der Waals surface area contributed by atoms with Gasteiger partial charge in [-0.15, -0.1) is 0 Å². The summed E-state index contributed by atoms with van der Waals surface area (Å²) in [5.41, 5.74) is 9.76. The molecule has 0 saturated heterocycles. The topological polar surface area (TPSA) is 112 Å². The van der Waals surface area contributed by atoms with Crippen LogP contribution in [0.4, 0.5) is 11.4 Å². The van der Waals surface area contributed by atoms with E-state index in [4.69, 9.17) is 33.4 Å². The number of amides is 1. The third kappa shape index (κ3) is 4.69. The highest BCUT2D eigenvalue weighted by Crippen LogP contribution is 2.48. The molecule has 1 saturated carbocycles. The molecule has 1 fully saturated rings. The first-order valence-corrected chi connectivity index (χ1v) is 13.0. The van der Waals surface area contributed by atoms with E-state index in [2.05, 4.69) is 5.32 Å². The first-order chi connectivity index (χ1) is 17.3. The molecular formula is C26H22Cl2N3O4S-. The highest BCUT2D eigenvalue weighted by molar-refractivity contribution is 7.80. The summed E-state index contributed by atoms with van der Waals surface area (Å²) < 4.78 is 32.3. The minimum Gasteiger partial charge on any atom is -0.755 e. The van der Waals surface area contributed by atoms with Crippen molar-refractivity contribution in [2.45, 2.75) is 25.3 Å². The molecule has 1 aromatic heterocycles. The molecule has 3 N–H and O–H groups in total. The number of rotatable bonds is 7. The number of nitrogens with zero attached hydrogens (tertiary/aromatic N) is 1. The first kappa shape index (κ1) is 24.6. The normalized spacial score (nSPS) is 14.1. The van der Waals surface area contributed by atoms with Crippen molar-refractivity contribution in [2.75, 3.05) is 17.1 Å². The molecule has 3 aromatic carbocycles. The summed E-state index contributed by atoms with van der Waals surface area (Å²) in [6.45, 7) is 0.0639. The maximum absolute atomic E-state index is 12.9. The highest BCUT2D eigenvalue weighted by atomic mass is 35.5. The van der Waals surface area contributed by atoms with Crippen LogP contribution in [-0.2, 0) is 17.8 Å². The Balaban J connectivity index is 1.68. The lowest BCUT2D eigenvalue weighted by Gasteiger charge is -2.29. The van der Waals surface area contributed by atoms with Crippen molar-refractivity contribution >= 4 is 62.7 Å². The van der Waals surface area contributed by atoms with Gasteiger partial charge in [0.05, 0.1) is 28.5 Å². The molecule has 4 aromatic rings. The third-order valence-corrected chi connectivity index (χ3v) is 7.52. The number of nitrogens with one attached hydrogen (secondary N) is 1. The summed E-state index contributed by atoms with van der Waals surface area (Å²) in [6.07, 6.45) is 1.87. The van der Waals surface area contributed by atoms with Crippen LogP contribution in [-0.4, -0.2) is 21.7 Å². The molecule has 36 heavy (non-hydrogen) atoms. The number of carbonyl (C=O) groups is 1. The Labute approximate surface area is 220 Å². The van der Waals surface area contributed by atoms with Gasteiger partial charge in [-0.05, 0) is 72.4 Å². The van der Waals surface area contributed by atoms with Crippen LogP contribution < -0.4 is 15.4 Å². The molecule has 7 nitrogen and oxygen atoms in total. The second-order valence-electron chi connectivity index (χ2n) is 8.68. The molecule has 1 aliphatic rings. The minimum absolute atomic E-state index is 0.0639. The van der Waals surface area contributed by atoms with Crippen molar-refractivity contribution in [1.82, 2.24) is 5.32 Å². The van der Waals surface area contributed by atoms with Gasteiger partial charge >= 0.3 is 0 Å². The fraction of sp³-hybridized carbons (Fsp3) is 0.192. The number of benzene rings is 3. The number of furan rings is 1. The van der Waals surface area contributed by atoms with Crippen LogP contribution in [0.3, 0.4) is 0 Å². The average Bonchev–Trinajstić information content (AvgIpc) is 3.64. The van der Waals surface area contributed by atoms with E-state index in [9.17, 15) is 13.6 Å². The Morgan fingerprint density at radius 3 is 2.50 bits per heavy atom. The van der Waals surface area contributed by atoms with E-state index in [1.54, 1.807) is 55.6 Å². The standard InChI is InChI=1S/C26H23Cl2N3O4S/c1-30-26(32)24-19-11-18(15-3-4-15)22(12-23(19)35-25(24)16-5-7-17(27)8-6-16)31(36(33)34)13-14-2-9-21(29)20(28)10-14/h2,5-12,15H,3-4,13,29H2,1H3,(H,30,32)(H,33,34)/p-1. The van der Waals surface area contributed by atoms with Crippen LogP contribution in [0, 0.1) is 0 Å². The number of anilines is 2. The maximum Gasteiger partial charge on any atom is 0.255 e. The van der Waals surface area contributed by atoms with Crippen LogP contribution in [0.5, 0.6) is 0 Å². The van der Waals surface area contributed by atoms with Gasteiger partial charge in [0.15, 0.2) is 0 Å². The van der Waals surface area contributed by atoms with E-state index in [0.29, 0.717) is 54.8 Å². The number of hydrogen-bond acceptors (Lipinski definition) is 5. The molecule has 0 spiro atoms. The number of halogens is 2. The third-order valence-electron chi connectivity index (χ3n) is 6.25. The van der Waals surface area contributed by atoms with Gasteiger partial charge in [0.2, 0.25) is 0 Å². The molecule has 0 radical (unpaired) electrons. The number of carbonyl (C=O) groups excluding carboxylic acids is 1. The van der Waals surface area contributed by atoms with Crippen LogP contribution in [0.2, 0.25) is 10.0 Å². The predicted molar refractivity (Wildman–Crippen MR) is 143 cm³/mol. The Morgan fingerprint density at radius 2 is 1.89 bits per heavy atom. The van der Waals surface area contributed by atoms with Crippen molar-refractivity contribution in [3.05, 3.63) is 81.3 Å². The van der Waals surface area contributed by atoms with Gasteiger partial charge in [-0.3, -0.25) is 13.3 Å². The quantitative estimate of drug-likeness (QED) is 0.219. The van der Waals surface area contributed by atoms with Crippen molar-refractivity contribution < 1.29 is 18.0 Å². The van der Waals surface area contributed by atoms with Gasteiger partial charge in [-0.1, -0.05) is 29.3 Å². The Bertz CT molecular complexity index is 1500. The SMILES string of the molecule is CNC(=O)c1c(-c2ccc(Cl)cc2)oc2cc(N(Cc3ccc(N)c(Cl)c3)S(=O)[O-])c(C3CC3)cc12. The van der Waals surface area contributed by atoms with Crippen LogP contribution in [0.25, 0.3) is 22.3 Å². The van der Waals surface area contributed by atoms with Crippen molar-refractivity contribution in [3.63, 3.8) is 0 Å². The second-order valence-corrected chi connectivity index (χ2v) is 10.4. The lowest BCUT2D eigenvalue weighted by Crippen LogP contribution is -2.26. The number of hydrogen-bond donors (Lipinski definition) is 2. The zero-order valence-corrected chi connectivity index (χ0v) is 21.5. The molecule has 1 atom stereocenters. The Kier molecular flexibility index (Phi) is 6.70. The summed E-state index contributed by atoms with van der Waals surface area (Å²) in [5, 5.41) is 4.23. The van der Waals surface area contributed by atoms with Gasteiger partial charge in [-0.25, -0.2) is 0 Å². The molecular weight excluding hydrogens is 521 g/mol. The zero-order chi connectivity index (χ0) is 25.6. The van der Waals surface area contributed by atoms with E-state index < -0.39 is 11.3 Å².